The summed E-state index contributed by atoms with van der Waals surface area (Å²) in [7, 11) is 0. The largest absolute Gasteiger partial charge is 0.490 e. The first-order chi connectivity index (χ1) is 17.4. The molecule has 8 nitrogen and oxygen atoms in total. The second-order valence-corrected chi connectivity index (χ2v) is 8.72. The normalized spacial score (nSPS) is 13.9. The van der Waals surface area contributed by atoms with Crippen LogP contribution in [0.3, 0.4) is 0 Å². The van der Waals surface area contributed by atoms with Gasteiger partial charge in [-0.3, -0.25) is 14.6 Å². The van der Waals surface area contributed by atoms with Gasteiger partial charge in [-0.15, -0.1) is 0 Å². The van der Waals surface area contributed by atoms with Crippen LogP contribution in [0, 0.1) is 0 Å². The average molecular weight is 537 g/mol. The first-order valence-electron chi connectivity index (χ1n) is 11.2. The second kappa shape index (κ2) is 11.9. The van der Waals surface area contributed by atoms with Gasteiger partial charge in [-0.1, -0.05) is 11.6 Å². The maximum Gasteiger partial charge on any atom is 0.490 e. The summed E-state index contributed by atoms with van der Waals surface area (Å²) in [5.74, 6) is -2.98. The van der Waals surface area contributed by atoms with Crippen molar-refractivity contribution in [2.75, 3.05) is 23.3 Å². The Bertz CT molecular complexity index is 1280. The molecule has 2 heterocycles. The molecule has 0 spiro atoms. The van der Waals surface area contributed by atoms with E-state index >= 15 is 0 Å². The van der Waals surface area contributed by atoms with Gasteiger partial charge in [-0.2, -0.15) is 13.2 Å². The Labute approximate surface area is 215 Å². The fourth-order valence-corrected chi connectivity index (χ4v) is 3.99. The van der Waals surface area contributed by atoms with Crippen molar-refractivity contribution in [3.8, 4) is 0 Å². The van der Waals surface area contributed by atoms with Crippen LogP contribution in [0.25, 0.3) is 10.9 Å². The number of benzene rings is 2. The predicted molar refractivity (Wildman–Crippen MR) is 134 cm³/mol. The number of nitrogens with one attached hydrogen (secondary N) is 2. The van der Waals surface area contributed by atoms with E-state index in [1.165, 1.54) is 6.92 Å². The number of aromatic nitrogens is 1. The molecule has 2 aromatic carbocycles. The lowest BCUT2D eigenvalue weighted by atomic mass is 10.0. The van der Waals surface area contributed by atoms with Crippen LogP contribution >= 0.6 is 11.6 Å². The fraction of sp³-hybridized carbons (Fsp3) is 0.280. The van der Waals surface area contributed by atoms with Gasteiger partial charge in [0.05, 0.1) is 5.52 Å². The molecule has 4 rings (SSSR count). The van der Waals surface area contributed by atoms with Crippen LogP contribution in [0.2, 0.25) is 5.02 Å². The van der Waals surface area contributed by atoms with Gasteiger partial charge in [0, 0.05) is 59.6 Å². The van der Waals surface area contributed by atoms with Crippen molar-refractivity contribution in [3.05, 3.63) is 65.3 Å². The Balaban J connectivity index is 0.000000479. The number of aliphatic carboxylic acids is 1. The number of carboxylic acids is 1. The number of anilines is 2. The number of pyridine rings is 1. The summed E-state index contributed by atoms with van der Waals surface area (Å²) >= 11 is 6.09. The highest BCUT2D eigenvalue weighted by molar-refractivity contribution is 6.31. The Kier molecular flexibility index (Phi) is 8.93. The molecule has 0 unspecified atom stereocenters. The predicted octanol–water partition coefficient (Wildman–Crippen LogP) is 4.88. The monoisotopic (exact) mass is 536 g/mol. The number of carboxylic acid groups (broad SMARTS) is 1. The number of alkyl halides is 3. The molecule has 0 saturated carbocycles. The molecule has 2 amide bonds. The quantitative estimate of drug-likeness (QED) is 0.438. The first-order valence-corrected chi connectivity index (χ1v) is 11.6. The summed E-state index contributed by atoms with van der Waals surface area (Å²) in [6, 6.07) is 14.9. The molecular weight excluding hydrogens is 513 g/mol. The van der Waals surface area contributed by atoms with E-state index in [0.29, 0.717) is 16.3 Å². The van der Waals surface area contributed by atoms with Gasteiger partial charge < -0.3 is 20.6 Å². The SMILES string of the molecule is CC(=O)Nc1ccc(C(=O)NC2CCN(c3ccnc4cc(Cl)ccc34)CC2)cc1.O=C(O)C(F)(F)F. The molecule has 0 aliphatic carbocycles. The molecule has 0 bridgehead atoms. The smallest absolute Gasteiger partial charge is 0.475 e. The number of piperidine rings is 1. The minimum absolute atomic E-state index is 0.0909. The van der Waals surface area contributed by atoms with Gasteiger partial charge in [0.25, 0.3) is 5.91 Å². The molecule has 1 aliphatic heterocycles. The molecule has 0 atom stereocenters. The number of rotatable bonds is 4. The summed E-state index contributed by atoms with van der Waals surface area (Å²) in [6.45, 7) is 3.17. The van der Waals surface area contributed by atoms with Crippen molar-refractivity contribution in [1.82, 2.24) is 10.3 Å². The molecule has 1 aromatic heterocycles. The molecule has 3 aromatic rings. The van der Waals surface area contributed by atoms with Crippen molar-refractivity contribution in [3.63, 3.8) is 0 Å². The molecule has 1 saturated heterocycles. The lowest BCUT2D eigenvalue weighted by molar-refractivity contribution is -0.192. The van der Waals surface area contributed by atoms with E-state index in [9.17, 15) is 22.8 Å². The number of halogens is 4. The summed E-state index contributed by atoms with van der Waals surface area (Å²) in [4.78, 5) is 39.3. The number of carbonyl (C=O) groups excluding carboxylic acids is 2. The van der Waals surface area contributed by atoms with Crippen LogP contribution in [0.1, 0.15) is 30.1 Å². The molecule has 1 fully saturated rings. The minimum Gasteiger partial charge on any atom is -0.475 e. The summed E-state index contributed by atoms with van der Waals surface area (Å²) < 4.78 is 31.7. The Morgan fingerprint density at radius 3 is 2.24 bits per heavy atom. The Morgan fingerprint density at radius 1 is 1.05 bits per heavy atom. The number of fused-ring (bicyclic) bond motifs is 1. The minimum atomic E-state index is -5.08. The molecule has 196 valence electrons. The third kappa shape index (κ3) is 7.81. The number of nitrogens with zero attached hydrogens (tertiary/aromatic N) is 2. The van der Waals surface area contributed by atoms with Crippen LogP contribution in [-0.4, -0.2) is 53.2 Å². The Morgan fingerprint density at radius 2 is 1.68 bits per heavy atom. The van der Waals surface area contributed by atoms with E-state index in [-0.39, 0.29) is 17.9 Å². The zero-order chi connectivity index (χ0) is 27.2. The summed E-state index contributed by atoms with van der Waals surface area (Å²) in [5, 5.41) is 14.7. The number of amides is 2. The van der Waals surface area contributed by atoms with E-state index in [0.717, 1.165) is 42.5 Å². The van der Waals surface area contributed by atoms with Crippen LogP contribution < -0.4 is 15.5 Å². The molecular formula is C25H24ClF3N4O4. The number of hydrogen-bond donors (Lipinski definition) is 3. The highest BCUT2D eigenvalue weighted by atomic mass is 35.5. The lowest BCUT2D eigenvalue weighted by Gasteiger charge is -2.34. The highest BCUT2D eigenvalue weighted by Gasteiger charge is 2.38. The summed E-state index contributed by atoms with van der Waals surface area (Å²) in [5.41, 5.74) is 3.30. The number of hydrogen-bond acceptors (Lipinski definition) is 5. The van der Waals surface area contributed by atoms with E-state index in [1.807, 2.05) is 30.5 Å². The van der Waals surface area contributed by atoms with Crippen molar-refractivity contribution in [2.45, 2.75) is 32.0 Å². The first kappa shape index (κ1) is 27.7. The van der Waals surface area contributed by atoms with Gasteiger partial charge in [-0.25, -0.2) is 4.79 Å². The topological polar surface area (TPSA) is 112 Å². The van der Waals surface area contributed by atoms with Crippen molar-refractivity contribution in [2.24, 2.45) is 0 Å². The molecule has 12 heteroatoms. The highest BCUT2D eigenvalue weighted by Crippen LogP contribution is 2.29. The van der Waals surface area contributed by atoms with Gasteiger partial charge in [0.15, 0.2) is 0 Å². The average Bonchev–Trinajstić information content (AvgIpc) is 2.84. The maximum absolute atomic E-state index is 12.6. The molecule has 37 heavy (non-hydrogen) atoms. The zero-order valence-electron chi connectivity index (χ0n) is 19.7. The molecule has 0 radical (unpaired) electrons. The van der Waals surface area contributed by atoms with Crippen molar-refractivity contribution < 1.29 is 32.7 Å². The van der Waals surface area contributed by atoms with Crippen LogP contribution in [0.15, 0.2) is 54.7 Å². The molecule has 1 aliphatic rings. The fourth-order valence-electron chi connectivity index (χ4n) is 3.82. The second-order valence-electron chi connectivity index (χ2n) is 8.29. The van der Waals surface area contributed by atoms with Gasteiger partial charge >= 0.3 is 12.1 Å². The van der Waals surface area contributed by atoms with E-state index in [4.69, 9.17) is 21.5 Å². The Hall–Kier alpha value is -3.86. The van der Waals surface area contributed by atoms with Crippen molar-refractivity contribution in [1.29, 1.82) is 0 Å². The van der Waals surface area contributed by atoms with E-state index in [2.05, 4.69) is 20.5 Å². The van der Waals surface area contributed by atoms with Gasteiger partial charge in [0.2, 0.25) is 5.91 Å². The van der Waals surface area contributed by atoms with Gasteiger partial charge in [0.1, 0.15) is 0 Å². The number of carbonyl (C=O) groups is 3. The third-order valence-corrected chi connectivity index (χ3v) is 5.80. The van der Waals surface area contributed by atoms with E-state index < -0.39 is 12.1 Å². The van der Waals surface area contributed by atoms with Crippen molar-refractivity contribution >= 4 is 51.7 Å². The zero-order valence-corrected chi connectivity index (χ0v) is 20.4. The summed E-state index contributed by atoms with van der Waals surface area (Å²) in [6.07, 6.45) is -1.53. The van der Waals surface area contributed by atoms with Crippen LogP contribution in [-0.2, 0) is 9.59 Å². The standard InChI is InChI=1S/C23H23ClN4O2.C2HF3O2/c1-15(29)26-18-5-2-16(3-6-18)23(30)27-19-9-12-28(13-10-19)22-8-11-25-21-14-17(24)4-7-20(21)22;3-2(4,5)1(6)7/h2-8,11,14,19H,9-10,12-13H2,1H3,(H,26,29)(H,27,30);(H,6,7). The van der Waals surface area contributed by atoms with Gasteiger partial charge in [-0.05, 0) is 61.4 Å². The van der Waals surface area contributed by atoms with Crippen LogP contribution in [0.5, 0.6) is 0 Å². The van der Waals surface area contributed by atoms with E-state index in [1.54, 1.807) is 24.3 Å². The lowest BCUT2D eigenvalue weighted by Crippen LogP contribution is -2.44. The maximum atomic E-state index is 12.6. The third-order valence-electron chi connectivity index (χ3n) is 5.56. The van der Waals surface area contributed by atoms with Crippen LogP contribution in [0.4, 0.5) is 24.5 Å². The molecule has 3 N–H and O–H groups in total.